The average Bonchev–Trinajstić information content (AvgIpc) is 2.36. The Bertz CT molecular complexity index is 567. The molecule has 0 unspecified atom stereocenters. The molecule has 1 aromatic carbocycles. The Labute approximate surface area is 92.5 Å². The van der Waals surface area contributed by atoms with Crippen molar-refractivity contribution in [3.8, 4) is 0 Å². The lowest BCUT2D eigenvalue weighted by molar-refractivity contribution is 0.0970. The molecule has 0 atom stereocenters. The number of Topliss-reactive ketones (excluding diaryl/α,β-unsaturated/α-hetero) is 2. The number of carbonyl (C=O) groups is 2. The van der Waals surface area contributed by atoms with E-state index in [4.69, 9.17) is 0 Å². The van der Waals surface area contributed by atoms with E-state index in [1.165, 1.54) is 0 Å². The van der Waals surface area contributed by atoms with E-state index in [1.54, 1.807) is 30.5 Å². The number of nitrogens with zero attached hydrogens (tertiary/aromatic N) is 1. The van der Waals surface area contributed by atoms with Gasteiger partial charge in [-0.05, 0) is 12.8 Å². The third-order valence-electron chi connectivity index (χ3n) is 2.94. The van der Waals surface area contributed by atoms with Crippen LogP contribution in [0.1, 0.15) is 33.6 Å². The molecule has 16 heavy (non-hydrogen) atoms. The smallest absolute Gasteiger partial charge is 0.212 e. The fraction of sp³-hybridized carbons (Fsp3) is 0.154. The van der Waals surface area contributed by atoms with Gasteiger partial charge < -0.3 is 0 Å². The number of rotatable bonds is 0. The van der Waals surface area contributed by atoms with Crippen LogP contribution in [0.4, 0.5) is 0 Å². The number of carbonyl (C=O) groups excluding carboxylic acids is 2. The second-order valence-electron chi connectivity index (χ2n) is 3.88. The monoisotopic (exact) mass is 211 g/mol. The second kappa shape index (κ2) is 3.23. The van der Waals surface area contributed by atoms with Crippen LogP contribution < -0.4 is 0 Å². The first-order valence-electron chi connectivity index (χ1n) is 5.23. The van der Waals surface area contributed by atoms with E-state index in [2.05, 4.69) is 4.99 Å². The first-order chi connectivity index (χ1) is 7.79. The Hall–Kier alpha value is -2.03. The van der Waals surface area contributed by atoms with E-state index in [0.29, 0.717) is 28.8 Å². The molecule has 3 heteroatoms. The van der Waals surface area contributed by atoms with Crippen molar-refractivity contribution in [2.45, 2.75) is 12.8 Å². The molecular weight excluding hydrogens is 202 g/mol. The summed E-state index contributed by atoms with van der Waals surface area (Å²) in [4.78, 5) is 28.3. The van der Waals surface area contributed by atoms with Gasteiger partial charge in [0.1, 0.15) is 5.70 Å². The molecule has 1 aliphatic heterocycles. The molecule has 0 saturated carbocycles. The molecule has 3 nitrogen and oxygen atoms in total. The predicted octanol–water partition coefficient (Wildman–Crippen LogP) is 2.18. The number of allylic oxidation sites excluding steroid dienone is 2. The lowest BCUT2D eigenvalue weighted by Gasteiger charge is -2.20. The summed E-state index contributed by atoms with van der Waals surface area (Å²) in [6.07, 6.45) is 3.07. The van der Waals surface area contributed by atoms with Gasteiger partial charge in [0, 0.05) is 22.9 Å². The molecular formula is C13H9NO2. The van der Waals surface area contributed by atoms with E-state index in [9.17, 15) is 9.59 Å². The highest BCUT2D eigenvalue weighted by molar-refractivity contribution is 6.27. The summed E-state index contributed by atoms with van der Waals surface area (Å²) < 4.78 is 0. The number of ketones is 2. The summed E-state index contributed by atoms with van der Waals surface area (Å²) in [5.74, 6) is -0.164. The van der Waals surface area contributed by atoms with Crippen LogP contribution in [0.25, 0.3) is 0 Å². The van der Waals surface area contributed by atoms with Gasteiger partial charge in [-0.1, -0.05) is 24.3 Å². The van der Waals surface area contributed by atoms with Crippen molar-refractivity contribution < 1.29 is 9.59 Å². The zero-order valence-electron chi connectivity index (χ0n) is 8.56. The molecule has 0 bridgehead atoms. The maximum absolute atomic E-state index is 12.1. The first-order valence-corrected chi connectivity index (χ1v) is 5.23. The Balaban J connectivity index is 2.26. The number of hydrogen-bond acceptors (Lipinski definition) is 3. The summed E-state index contributed by atoms with van der Waals surface area (Å²) in [7, 11) is 0. The third kappa shape index (κ3) is 1.11. The highest BCUT2D eigenvalue weighted by atomic mass is 16.1. The fourth-order valence-corrected chi connectivity index (χ4v) is 2.15. The van der Waals surface area contributed by atoms with Crippen molar-refractivity contribution in [3.63, 3.8) is 0 Å². The van der Waals surface area contributed by atoms with Gasteiger partial charge in [0.05, 0.1) is 0 Å². The van der Waals surface area contributed by atoms with Crippen LogP contribution in [-0.4, -0.2) is 17.8 Å². The summed E-state index contributed by atoms with van der Waals surface area (Å²) in [5.41, 5.74) is 1.91. The highest BCUT2D eigenvalue weighted by Gasteiger charge is 2.32. The molecule has 0 radical (unpaired) electrons. The highest BCUT2D eigenvalue weighted by Crippen LogP contribution is 2.30. The molecule has 1 aromatic rings. The molecule has 0 N–H and O–H groups in total. The van der Waals surface area contributed by atoms with Gasteiger partial charge in [-0.3, -0.25) is 14.6 Å². The normalized spacial score (nSPS) is 18.5. The molecule has 0 saturated heterocycles. The maximum Gasteiger partial charge on any atom is 0.212 e. The van der Waals surface area contributed by atoms with Crippen molar-refractivity contribution in [3.05, 3.63) is 46.7 Å². The number of aliphatic imine (C=N–C) groups is 1. The van der Waals surface area contributed by atoms with Gasteiger partial charge in [0.15, 0.2) is 5.78 Å². The third-order valence-corrected chi connectivity index (χ3v) is 2.94. The molecule has 1 heterocycles. The standard InChI is InChI=1S/C13H9NO2/c15-12-8-4-1-2-5-9(8)13(16)11-10(12)6-3-7-14-11/h1-2,4-5,7H,3,6H2. The first kappa shape index (κ1) is 9.21. The SMILES string of the molecule is O=C1C2=C(N=CCC2)C(=O)c2ccccc21. The fourth-order valence-electron chi connectivity index (χ4n) is 2.15. The lowest BCUT2D eigenvalue weighted by Crippen LogP contribution is -2.23. The number of fused-ring (bicyclic) bond motifs is 1. The Kier molecular flexibility index (Phi) is 1.86. The quantitative estimate of drug-likeness (QED) is 0.660. The average molecular weight is 211 g/mol. The zero-order valence-corrected chi connectivity index (χ0v) is 8.56. The van der Waals surface area contributed by atoms with E-state index < -0.39 is 0 Å². The van der Waals surface area contributed by atoms with Crippen molar-refractivity contribution in [2.24, 2.45) is 4.99 Å². The van der Waals surface area contributed by atoms with Gasteiger partial charge in [0.25, 0.3) is 0 Å². The molecule has 3 rings (SSSR count). The topological polar surface area (TPSA) is 46.5 Å². The van der Waals surface area contributed by atoms with Gasteiger partial charge >= 0.3 is 0 Å². The minimum atomic E-state index is -0.124. The van der Waals surface area contributed by atoms with Crippen LogP contribution in [0.5, 0.6) is 0 Å². The van der Waals surface area contributed by atoms with Crippen molar-refractivity contribution >= 4 is 17.8 Å². The summed E-state index contributed by atoms with van der Waals surface area (Å²) in [5, 5.41) is 0. The Morgan fingerprint density at radius 1 is 1.00 bits per heavy atom. The maximum atomic E-state index is 12.1. The number of benzene rings is 1. The molecule has 2 aliphatic rings. The van der Waals surface area contributed by atoms with Crippen LogP contribution in [0.3, 0.4) is 0 Å². The van der Waals surface area contributed by atoms with Crippen LogP contribution in [0.15, 0.2) is 40.5 Å². The van der Waals surface area contributed by atoms with Gasteiger partial charge in [-0.25, -0.2) is 0 Å². The molecule has 0 fully saturated rings. The van der Waals surface area contributed by atoms with Crippen LogP contribution >= 0.6 is 0 Å². The molecule has 1 aliphatic carbocycles. The van der Waals surface area contributed by atoms with Crippen LogP contribution in [0.2, 0.25) is 0 Å². The summed E-state index contributed by atoms with van der Waals surface area (Å²) in [6, 6.07) is 6.94. The summed E-state index contributed by atoms with van der Waals surface area (Å²) >= 11 is 0. The largest absolute Gasteiger partial charge is 0.289 e. The van der Waals surface area contributed by atoms with Gasteiger partial charge in [0.2, 0.25) is 5.78 Å². The zero-order chi connectivity index (χ0) is 11.1. The van der Waals surface area contributed by atoms with Crippen LogP contribution in [0, 0.1) is 0 Å². The Morgan fingerprint density at radius 3 is 2.44 bits per heavy atom. The predicted molar refractivity (Wildman–Crippen MR) is 59.9 cm³/mol. The Morgan fingerprint density at radius 2 is 1.69 bits per heavy atom. The van der Waals surface area contributed by atoms with Crippen molar-refractivity contribution in [2.75, 3.05) is 0 Å². The van der Waals surface area contributed by atoms with Gasteiger partial charge in [-0.2, -0.15) is 0 Å². The molecule has 78 valence electrons. The second-order valence-corrected chi connectivity index (χ2v) is 3.88. The van der Waals surface area contributed by atoms with Crippen molar-refractivity contribution in [1.29, 1.82) is 0 Å². The minimum absolute atomic E-state index is 0.0398. The van der Waals surface area contributed by atoms with Crippen LogP contribution in [-0.2, 0) is 0 Å². The van der Waals surface area contributed by atoms with Gasteiger partial charge in [-0.15, -0.1) is 0 Å². The van der Waals surface area contributed by atoms with E-state index in [0.717, 1.165) is 6.42 Å². The lowest BCUT2D eigenvalue weighted by atomic mass is 9.84. The summed E-state index contributed by atoms with van der Waals surface area (Å²) in [6.45, 7) is 0. The van der Waals surface area contributed by atoms with Crippen molar-refractivity contribution in [1.82, 2.24) is 0 Å². The molecule has 0 spiro atoms. The van der Waals surface area contributed by atoms with E-state index in [1.807, 2.05) is 0 Å². The van der Waals surface area contributed by atoms with E-state index in [-0.39, 0.29) is 11.6 Å². The molecule has 0 amide bonds. The molecule has 0 aromatic heterocycles. The minimum Gasteiger partial charge on any atom is -0.289 e. The number of hydrogen-bond donors (Lipinski definition) is 0. The van der Waals surface area contributed by atoms with E-state index >= 15 is 0 Å².